The van der Waals surface area contributed by atoms with Crippen LogP contribution in [-0.2, 0) is 13.0 Å². The molecule has 100 valence electrons. The smallest absolute Gasteiger partial charge is 0.213 e. The van der Waals surface area contributed by atoms with Crippen LogP contribution >= 0.6 is 15.9 Å². The number of nitrogens with two attached hydrogens (primary N) is 1. The van der Waals surface area contributed by atoms with E-state index in [0.29, 0.717) is 12.4 Å². The molecule has 4 heteroatoms. The van der Waals surface area contributed by atoms with Gasteiger partial charge >= 0.3 is 0 Å². The molecule has 1 heterocycles. The topological polar surface area (TPSA) is 48.1 Å². The maximum absolute atomic E-state index is 5.83. The van der Waals surface area contributed by atoms with E-state index < -0.39 is 0 Å². The van der Waals surface area contributed by atoms with E-state index in [-0.39, 0.29) is 0 Å². The average Bonchev–Trinajstić information content (AvgIpc) is 2.47. The Morgan fingerprint density at radius 2 is 2.11 bits per heavy atom. The largest absolute Gasteiger partial charge is 0.481 e. The van der Waals surface area contributed by atoms with Crippen molar-refractivity contribution in [2.24, 2.45) is 5.73 Å². The molecule has 2 N–H and O–H groups in total. The van der Waals surface area contributed by atoms with Crippen LogP contribution in [0, 0.1) is 0 Å². The first-order valence-corrected chi connectivity index (χ1v) is 7.29. The fourth-order valence-electron chi connectivity index (χ4n) is 2.02. The van der Waals surface area contributed by atoms with Crippen LogP contribution < -0.4 is 10.5 Å². The number of hydrogen-bond acceptors (Lipinski definition) is 3. The van der Waals surface area contributed by atoms with Crippen molar-refractivity contribution < 1.29 is 4.74 Å². The third kappa shape index (κ3) is 3.33. The lowest BCUT2D eigenvalue weighted by molar-refractivity contribution is 0.398. The second-order valence-corrected chi connectivity index (χ2v) is 5.01. The lowest BCUT2D eigenvalue weighted by Crippen LogP contribution is -2.00. The molecule has 1 aromatic heterocycles. The second kappa shape index (κ2) is 6.68. The number of ether oxygens (including phenoxy) is 1. The fourth-order valence-corrected chi connectivity index (χ4v) is 2.48. The van der Waals surface area contributed by atoms with Gasteiger partial charge in [-0.25, -0.2) is 4.98 Å². The molecule has 0 aliphatic rings. The highest BCUT2D eigenvalue weighted by atomic mass is 79.9. The Labute approximate surface area is 121 Å². The number of alkyl halides is 1. The fraction of sp³-hybridized carbons (Fsp3) is 0.267. The number of rotatable bonds is 5. The Hall–Kier alpha value is -1.39. The summed E-state index contributed by atoms with van der Waals surface area (Å²) in [7, 11) is 1.62. The molecule has 0 aliphatic carbocycles. The zero-order valence-corrected chi connectivity index (χ0v) is 12.5. The quantitative estimate of drug-likeness (QED) is 0.861. The van der Waals surface area contributed by atoms with Crippen molar-refractivity contribution >= 4 is 15.9 Å². The molecule has 19 heavy (non-hydrogen) atoms. The summed E-state index contributed by atoms with van der Waals surface area (Å²) >= 11 is 3.47. The van der Waals surface area contributed by atoms with E-state index in [1.165, 1.54) is 5.56 Å². The number of nitrogens with zero attached hydrogens (tertiary/aromatic N) is 1. The molecule has 3 nitrogen and oxygen atoms in total. The number of hydrogen-bond donors (Lipinski definition) is 1. The highest BCUT2D eigenvalue weighted by Gasteiger charge is 2.07. The summed E-state index contributed by atoms with van der Waals surface area (Å²) in [5.41, 5.74) is 10.5. The van der Waals surface area contributed by atoms with Gasteiger partial charge in [-0.1, -0.05) is 34.1 Å². The SMILES string of the molecule is COc1cc(-c2cc(CCBr)ccc2CN)ccn1. The minimum Gasteiger partial charge on any atom is -0.481 e. The molecule has 0 amide bonds. The van der Waals surface area contributed by atoms with E-state index in [0.717, 1.165) is 28.4 Å². The lowest BCUT2D eigenvalue weighted by atomic mass is 9.97. The number of pyridine rings is 1. The van der Waals surface area contributed by atoms with Crippen LogP contribution in [0.25, 0.3) is 11.1 Å². The summed E-state index contributed by atoms with van der Waals surface area (Å²) in [5, 5.41) is 0.952. The first kappa shape index (κ1) is 14.0. The molecule has 0 spiro atoms. The molecule has 0 atom stereocenters. The first-order valence-electron chi connectivity index (χ1n) is 6.16. The van der Waals surface area contributed by atoms with E-state index in [1.54, 1.807) is 13.3 Å². The van der Waals surface area contributed by atoms with Gasteiger partial charge in [-0.3, -0.25) is 0 Å². The molecule has 0 radical (unpaired) electrons. The minimum atomic E-state index is 0.522. The van der Waals surface area contributed by atoms with Gasteiger partial charge in [-0.05, 0) is 34.7 Å². The van der Waals surface area contributed by atoms with Gasteiger partial charge in [0.1, 0.15) is 0 Å². The molecule has 0 aliphatic heterocycles. The predicted octanol–water partition coefficient (Wildman–Crippen LogP) is 3.15. The van der Waals surface area contributed by atoms with Crippen molar-refractivity contribution in [3.8, 4) is 17.0 Å². The van der Waals surface area contributed by atoms with Gasteiger partial charge in [-0.15, -0.1) is 0 Å². The summed E-state index contributed by atoms with van der Waals surface area (Å²) in [6, 6.07) is 10.3. The molecule has 0 bridgehead atoms. The summed E-state index contributed by atoms with van der Waals surface area (Å²) in [4.78, 5) is 4.14. The molecule has 2 rings (SSSR count). The number of aryl methyl sites for hydroxylation is 1. The van der Waals surface area contributed by atoms with Crippen LogP contribution in [-0.4, -0.2) is 17.4 Å². The van der Waals surface area contributed by atoms with Gasteiger partial charge < -0.3 is 10.5 Å². The van der Waals surface area contributed by atoms with E-state index >= 15 is 0 Å². The Balaban J connectivity index is 2.48. The highest BCUT2D eigenvalue weighted by Crippen LogP contribution is 2.27. The Morgan fingerprint density at radius 3 is 2.79 bits per heavy atom. The van der Waals surface area contributed by atoms with Crippen molar-refractivity contribution in [2.45, 2.75) is 13.0 Å². The van der Waals surface area contributed by atoms with E-state index in [9.17, 15) is 0 Å². The third-order valence-corrected chi connectivity index (χ3v) is 3.43. The number of benzene rings is 1. The predicted molar refractivity (Wildman–Crippen MR) is 81.6 cm³/mol. The number of aromatic nitrogens is 1. The standard InChI is InChI=1S/C15H17BrN2O/c1-19-15-9-12(5-7-18-15)14-8-11(4-6-16)2-3-13(14)10-17/h2-3,5,7-9H,4,6,10,17H2,1H3. The second-order valence-electron chi connectivity index (χ2n) is 4.22. The third-order valence-electron chi connectivity index (χ3n) is 3.03. The number of halogens is 1. The maximum Gasteiger partial charge on any atom is 0.213 e. The molecule has 0 fully saturated rings. The van der Waals surface area contributed by atoms with E-state index in [2.05, 4.69) is 39.1 Å². The Kier molecular flexibility index (Phi) is 4.93. The summed E-state index contributed by atoms with van der Waals surface area (Å²) < 4.78 is 5.18. The van der Waals surface area contributed by atoms with Gasteiger partial charge in [0, 0.05) is 24.1 Å². The van der Waals surface area contributed by atoms with Crippen LogP contribution in [0.4, 0.5) is 0 Å². The van der Waals surface area contributed by atoms with Crippen LogP contribution in [0.3, 0.4) is 0 Å². The lowest BCUT2D eigenvalue weighted by Gasteiger charge is -2.11. The monoisotopic (exact) mass is 320 g/mol. The van der Waals surface area contributed by atoms with Crippen molar-refractivity contribution in [3.05, 3.63) is 47.7 Å². The van der Waals surface area contributed by atoms with Gasteiger partial charge in [0.15, 0.2) is 0 Å². The summed E-state index contributed by atoms with van der Waals surface area (Å²) in [6.07, 6.45) is 2.76. The van der Waals surface area contributed by atoms with Gasteiger partial charge in [0.2, 0.25) is 5.88 Å². The number of methoxy groups -OCH3 is 1. The zero-order valence-electron chi connectivity index (χ0n) is 10.9. The molecule has 2 aromatic rings. The Bertz CT molecular complexity index is 558. The maximum atomic E-state index is 5.83. The highest BCUT2D eigenvalue weighted by molar-refractivity contribution is 9.09. The van der Waals surface area contributed by atoms with Crippen LogP contribution in [0.2, 0.25) is 0 Å². The van der Waals surface area contributed by atoms with Crippen molar-refractivity contribution in [3.63, 3.8) is 0 Å². The van der Waals surface area contributed by atoms with E-state index in [4.69, 9.17) is 10.5 Å². The molecule has 0 saturated carbocycles. The average molecular weight is 321 g/mol. The summed E-state index contributed by atoms with van der Waals surface area (Å²) in [6.45, 7) is 0.522. The van der Waals surface area contributed by atoms with Gasteiger partial charge in [-0.2, -0.15) is 0 Å². The molecule has 1 aromatic carbocycles. The van der Waals surface area contributed by atoms with Crippen molar-refractivity contribution in [1.29, 1.82) is 0 Å². The van der Waals surface area contributed by atoms with Crippen LogP contribution in [0.1, 0.15) is 11.1 Å². The summed E-state index contributed by atoms with van der Waals surface area (Å²) in [5.74, 6) is 0.617. The van der Waals surface area contributed by atoms with Gasteiger partial charge in [0.25, 0.3) is 0 Å². The van der Waals surface area contributed by atoms with E-state index in [1.807, 2.05) is 12.1 Å². The Morgan fingerprint density at radius 1 is 1.26 bits per heavy atom. The zero-order chi connectivity index (χ0) is 13.7. The molecule has 0 saturated heterocycles. The van der Waals surface area contributed by atoms with Crippen molar-refractivity contribution in [1.82, 2.24) is 4.98 Å². The minimum absolute atomic E-state index is 0.522. The molecule has 0 unspecified atom stereocenters. The van der Waals surface area contributed by atoms with Crippen LogP contribution in [0.5, 0.6) is 5.88 Å². The normalized spacial score (nSPS) is 10.5. The van der Waals surface area contributed by atoms with Crippen LogP contribution in [0.15, 0.2) is 36.5 Å². The van der Waals surface area contributed by atoms with Gasteiger partial charge in [0.05, 0.1) is 7.11 Å². The molecular weight excluding hydrogens is 304 g/mol. The first-order chi connectivity index (χ1) is 9.28. The van der Waals surface area contributed by atoms with Crippen molar-refractivity contribution in [2.75, 3.05) is 12.4 Å². The molecular formula is C15H17BrN2O.